The lowest BCUT2D eigenvalue weighted by atomic mass is 10.0. The first-order valence-electron chi connectivity index (χ1n) is 12.5. The second kappa shape index (κ2) is 13.5. The molecule has 0 saturated carbocycles. The van der Waals surface area contributed by atoms with Crippen molar-refractivity contribution < 1.29 is 22.4 Å². The molecule has 0 spiro atoms. The van der Waals surface area contributed by atoms with Crippen LogP contribution in [-0.2, 0) is 32.9 Å². The van der Waals surface area contributed by atoms with Crippen molar-refractivity contribution in [1.29, 1.82) is 0 Å². The Kier molecular flexibility index (Phi) is 10.6. The molecule has 38 heavy (non-hydrogen) atoms. The summed E-state index contributed by atoms with van der Waals surface area (Å²) in [4.78, 5) is 28.0. The first kappa shape index (κ1) is 30.0. The van der Waals surface area contributed by atoms with E-state index in [0.29, 0.717) is 30.0 Å². The Balaban J connectivity index is 1.68. The second-order valence-corrected chi connectivity index (χ2v) is 11.7. The van der Waals surface area contributed by atoms with Crippen LogP contribution in [0.25, 0.3) is 0 Å². The molecule has 1 fully saturated rings. The van der Waals surface area contributed by atoms with E-state index in [4.69, 9.17) is 17.3 Å². The van der Waals surface area contributed by atoms with Crippen molar-refractivity contribution in [2.24, 2.45) is 11.7 Å². The Morgan fingerprint density at radius 2 is 1.87 bits per heavy atom. The Bertz CT molecular complexity index is 1210. The fourth-order valence-electron chi connectivity index (χ4n) is 4.47. The zero-order valence-corrected chi connectivity index (χ0v) is 23.1. The smallest absolute Gasteiger partial charge is 0.277 e. The second-order valence-electron chi connectivity index (χ2n) is 9.76. The molecule has 0 aliphatic carbocycles. The van der Waals surface area contributed by atoms with Gasteiger partial charge in [0.05, 0.1) is 0 Å². The summed E-state index contributed by atoms with van der Waals surface area (Å²) >= 11 is 6.02. The molecule has 1 heterocycles. The standard InChI is InChI=1S/C26H35ClFN5O4S/c1-17(2)13-22(32-38(36,37)31-15-18-7-4-3-5-8-18)26(35)33-12-6-9-23(33)25(34)30-16-19-14-20(27)10-11-21(19)24(28)29/h3-5,7-8,10-11,14,17,22-24,31-32H,6,9,12-13,15-16,29H2,1-2H3,(H,30,34)/t22-,23-,24?/m0/s1. The number of rotatable bonds is 12. The van der Waals surface area contributed by atoms with Crippen LogP contribution in [0.3, 0.4) is 0 Å². The summed E-state index contributed by atoms with van der Waals surface area (Å²) < 4.78 is 44.3. The van der Waals surface area contributed by atoms with E-state index < -0.39 is 40.4 Å². The summed E-state index contributed by atoms with van der Waals surface area (Å²) in [5, 5.41) is 3.13. The third kappa shape index (κ3) is 8.47. The van der Waals surface area contributed by atoms with Crippen LogP contribution in [-0.4, -0.2) is 43.8 Å². The van der Waals surface area contributed by atoms with Gasteiger partial charge in [-0.15, -0.1) is 0 Å². The van der Waals surface area contributed by atoms with E-state index in [1.54, 1.807) is 24.3 Å². The highest BCUT2D eigenvalue weighted by atomic mass is 35.5. The van der Waals surface area contributed by atoms with Gasteiger partial charge in [0.1, 0.15) is 12.1 Å². The van der Waals surface area contributed by atoms with Crippen molar-refractivity contribution in [1.82, 2.24) is 19.7 Å². The van der Waals surface area contributed by atoms with Crippen LogP contribution in [0.15, 0.2) is 48.5 Å². The van der Waals surface area contributed by atoms with Gasteiger partial charge >= 0.3 is 0 Å². The highest BCUT2D eigenvalue weighted by Gasteiger charge is 2.38. The normalized spacial score (nSPS) is 17.4. The maximum absolute atomic E-state index is 13.8. The van der Waals surface area contributed by atoms with Gasteiger partial charge in [-0.05, 0) is 48.4 Å². The number of nitrogens with zero attached hydrogens (tertiary/aromatic N) is 1. The molecule has 0 radical (unpaired) electrons. The molecule has 1 saturated heterocycles. The van der Waals surface area contributed by atoms with Gasteiger partial charge in [0.2, 0.25) is 11.8 Å². The highest BCUT2D eigenvalue weighted by molar-refractivity contribution is 7.87. The molecule has 1 aliphatic rings. The van der Waals surface area contributed by atoms with Gasteiger partial charge in [-0.25, -0.2) is 4.39 Å². The molecule has 1 unspecified atom stereocenters. The third-order valence-corrected chi connectivity index (χ3v) is 7.66. The zero-order valence-electron chi connectivity index (χ0n) is 21.5. The number of halogens is 2. The van der Waals surface area contributed by atoms with E-state index in [2.05, 4.69) is 14.8 Å². The summed E-state index contributed by atoms with van der Waals surface area (Å²) in [6.45, 7) is 4.15. The van der Waals surface area contributed by atoms with Gasteiger partial charge in [-0.1, -0.05) is 61.8 Å². The maximum atomic E-state index is 13.8. The number of hydrogen-bond donors (Lipinski definition) is 4. The lowest BCUT2D eigenvalue weighted by Gasteiger charge is -2.29. The number of amides is 2. The summed E-state index contributed by atoms with van der Waals surface area (Å²) in [5.41, 5.74) is 6.82. The van der Waals surface area contributed by atoms with Gasteiger partial charge in [0, 0.05) is 30.2 Å². The van der Waals surface area contributed by atoms with Gasteiger partial charge in [-0.3, -0.25) is 15.3 Å². The lowest BCUT2D eigenvalue weighted by molar-refractivity contribution is -0.140. The molecule has 208 valence electrons. The van der Waals surface area contributed by atoms with E-state index in [9.17, 15) is 22.4 Å². The molecule has 12 heteroatoms. The Morgan fingerprint density at radius 3 is 2.53 bits per heavy atom. The minimum absolute atomic E-state index is 0.0156. The van der Waals surface area contributed by atoms with E-state index in [-0.39, 0.29) is 31.0 Å². The molecule has 5 N–H and O–H groups in total. The number of likely N-dealkylation sites (tertiary alicyclic amines) is 1. The monoisotopic (exact) mass is 567 g/mol. The molecule has 2 amide bonds. The van der Waals surface area contributed by atoms with Crippen molar-refractivity contribution in [3.8, 4) is 0 Å². The molecule has 0 bridgehead atoms. The summed E-state index contributed by atoms with van der Waals surface area (Å²) in [5.74, 6) is -0.861. The molecule has 1 aliphatic heterocycles. The van der Waals surface area contributed by atoms with Crippen molar-refractivity contribution >= 4 is 33.6 Å². The topological polar surface area (TPSA) is 134 Å². The third-order valence-electron chi connectivity index (χ3n) is 6.31. The molecule has 9 nitrogen and oxygen atoms in total. The molecular weight excluding hydrogens is 533 g/mol. The quantitative estimate of drug-likeness (QED) is 0.293. The zero-order chi connectivity index (χ0) is 27.9. The van der Waals surface area contributed by atoms with Crippen LogP contribution in [0, 0.1) is 5.92 Å². The molecule has 2 aromatic rings. The van der Waals surface area contributed by atoms with Crippen LogP contribution in [0.2, 0.25) is 5.02 Å². The summed E-state index contributed by atoms with van der Waals surface area (Å²) in [7, 11) is -4.01. The lowest BCUT2D eigenvalue weighted by Crippen LogP contribution is -2.55. The van der Waals surface area contributed by atoms with Crippen LogP contribution in [0.5, 0.6) is 0 Å². The first-order valence-corrected chi connectivity index (χ1v) is 14.4. The predicted molar refractivity (Wildman–Crippen MR) is 145 cm³/mol. The van der Waals surface area contributed by atoms with Crippen molar-refractivity contribution in [3.05, 3.63) is 70.2 Å². The number of hydrogen-bond acceptors (Lipinski definition) is 5. The van der Waals surface area contributed by atoms with Gasteiger partial charge in [0.15, 0.2) is 6.30 Å². The highest BCUT2D eigenvalue weighted by Crippen LogP contribution is 2.23. The number of carbonyl (C=O) groups excluding carboxylic acids is 2. The number of nitrogens with one attached hydrogen (secondary N) is 3. The molecule has 3 atom stereocenters. The van der Waals surface area contributed by atoms with E-state index >= 15 is 0 Å². The predicted octanol–water partition coefficient (Wildman–Crippen LogP) is 2.91. The first-order chi connectivity index (χ1) is 18.0. The van der Waals surface area contributed by atoms with E-state index in [1.165, 1.54) is 23.1 Å². The minimum Gasteiger partial charge on any atom is -0.350 e. The average Bonchev–Trinajstić information content (AvgIpc) is 3.35. The van der Waals surface area contributed by atoms with Crippen LogP contribution >= 0.6 is 11.6 Å². The Labute approximate surface area is 228 Å². The fourth-order valence-corrected chi connectivity index (χ4v) is 5.68. The SMILES string of the molecule is CC(C)C[C@H](NS(=O)(=O)NCc1ccccc1)C(=O)N1CCC[C@H]1C(=O)NCc1cc(Cl)ccc1C(N)F. The number of alkyl halides is 1. The van der Waals surface area contributed by atoms with Crippen LogP contribution in [0.1, 0.15) is 56.1 Å². The average molecular weight is 568 g/mol. The molecule has 2 aromatic carbocycles. The maximum Gasteiger partial charge on any atom is 0.277 e. The summed E-state index contributed by atoms with van der Waals surface area (Å²) in [6, 6.07) is 11.7. The fraction of sp³-hybridized carbons (Fsp3) is 0.462. The van der Waals surface area contributed by atoms with Crippen molar-refractivity contribution in [3.63, 3.8) is 0 Å². The summed E-state index contributed by atoms with van der Waals surface area (Å²) in [6.07, 6.45) is -0.453. The van der Waals surface area contributed by atoms with E-state index in [0.717, 1.165) is 5.56 Å². The molecule has 0 aromatic heterocycles. The van der Waals surface area contributed by atoms with Crippen LogP contribution < -0.4 is 20.5 Å². The van der Waals surface area contributed by atoms with Gasteiger partial charge in [0.25, 0.3) is 10.2 Å². The molecular formula is C26H35ClFN5O4S. The molecule has 3 rings (SSSR count). The van der Waals surface area contributed by atoms with Crippen LogP contribution in [0.4, 0.5) is 4.39 Å². The minimum atomic E-state index is -4.01. The largest absolute Gasteiger partial charge is 0.350 e. The number of benzene rings is 2. The number of carbonyl (C=O) groups is 2. The van der Waals surface area contributed by atoms with Crippen molar-refractivity contribution in [2.75, 3.05) is 6.54 Å². The number of nitrogens with two attached hydrogens (primary N) is 1. The van der Waals surface area contributed by atoms with Crippen molar-refractivity contribution in [2.45, 2.75) is 64.6 Å². The Hall–Kier alpha value is -2.57. The van der Waals surface area contributed by atoms with Gasteiger partial charge in [-0.2, -0.15) is 17.9 Å². The van der Waals surface area contributed by atoms with Gasteiger partial charge < -0.3 is 10.2 Å². The Morgan fingerprint density at radius 1 is 1.16 bits per heavy atom. The van der Waals surface area contributed by atoms with E-state index in [1.807, 2.05) is 19.9 Å².